The molecule has 3 aliphatic rings. The fourth-order valence-electron chi connectivity index (χ4n) is 5.17. The van der Waals surface area contributed by atoms with Gasteiger partial charge in [0.1, 0.15) is 5.69 Å². The van der Waals surface area contributed by atoms with Crippen molar-refractivity contribution in [3.8, 4) is 11.1 Å². The van der Waals surface area contributed by atoms with Gasteiger partial charge < -0.3 is 11.1 Å². The number of carbonyl (C=O) groups excluding carboxylic acids is 1. The number of pyridine rings is 1. The van der Waals surface area contributed by atoms with Crippen molar-refractivity contribution in [2.24, 2.45) is 11.1 Å². The molecule has 1 unspecified atom stereocenters. The normalized spacial score (nSPS) is 23.8. The molecule has 1 amide bonds. The van der Waals surface area contributed by atoms with Crippen LogP contribution in [0.25, 0.3) is 11.1 Å². The molecule has 1 aliphatic carbocycles. The molecule has 140 valence electrons. The Morgan fingerprint density at radius 2 is 1.93 bits per heavy atom. The van der Waals surface area contributed by atoms with Crippen molar-refractivity contribution >= 4 is 5.91 Å². The van der Waals surface area contributed by atoms with Crippen LogP contribution in [0.2, 0.25) is 0 Å². The molecule has 0 saturated carbocycles. The van der Waals surface area contributed by atoms with E-state index in [0.717, 1.165) is 17.5 Å². The highest BCUT2D eigenvalue weighted by Crippen LogP contribution is 2.47. The van der Waals surface area contributed by atoms with Gasteiger partial charge in [0.25, 0.3) is 5.91 Å². The second-order valence-corrected chi connectivity index (χ2v) is 8.42. The summed E-state index contributed by atoms with van der Waals surface area (Å²) in [6.45, 7) is 4.89. The lowest BCUT2D eigenvalue weighted by Gasteiger charge is -2.55. The summed E-state index contributed by atoms with van der Waals surface area (Å²) in [6.07, 6.45) is 6.77. The van der Waals surface area contributed by atoms with Gasteiger partial charge in [-0.1, -0.05) is 24.3 Å². The van der Waals surface area contributed by atoms with Gasteiger partial charge in [-0.3, -0.25) is 14.7 Å². The Morgan fingerprint density at radius 3 is 2.63 bits per heavy atom. The molecule has 3 N–H and O–H groups in total. The number of hydrogen-bond donors (Lipinski definition) is 2. The van der Waals surface area contributed by atoms with Crippen molar-refractivity contribution in [1.29, 1.82) is 0 Å². The lowest BCUT2D eigenvalue weighted by molar-refractivity contribution is -0.0512. The van der Waals surface area contributed by atoms with Crippen LogP contribution in [0.3, 0.4) is 0 Å². The number of fused-ring (bicyclic) bond motifs is 1. The molecule has 1 aromatic heterocycles. The Balaban J connectivity index is 1.33. The highest BCUT2D eigenvalue weighted by atomic mass is 16.1. The van der Waals surface area contributed by atoms with Gasteiger partial charge in [-0.05, 0) is 66.9 Å². The molecule has 0 bridgehead atoms. The van der Waals surface area contributed by atoms with Crippen LogP contribution in [0.5, 0.6) is 0 Å². The molecule has 1 aromatic carbocycles. The molecule has 1 atom stereocenters. The van der Waals surface area contributed by atoms with Crippen LogP contribution in [0.15, 0.2) is 36.5 Å². The zero-order valence-corrected chi connectivity index (χ0v) is 15.6. The zero-order valence-electron chi connectivity index (χ0n) is 15.6. The van der Waals surface area contributed by atoms with E-state index in [-0.39, 0.29) is 0 Å². The van der Waals surface area contributed by atoms with Crippen molar-refractivity contribution in [1.82, 2.24) is 15.2 Å². The van der Waals surface area contributed by atoms with Gasteiger partial charge in [-0.2, -0.15) is 0 Å². The molecule has 3 heterocycles. The predicted octanol–water partition coefficient (Wildman–Crippen LogP) is 2.52. The monoisotopic (exact) mass is 362 g/mol. The first-order valence-corrected chi connectivity index (χ1v) is 9.97. The lowest BCUT2D eigenvalue weighted by atomic mass is 9.71. The third kappa shape index (κ3) is 2.95. The number of nitrogens with one attached hydrogen (secondary N) is 1. The number of carbonyl (C=O) groups is 1. The third-order valence-corrected chi connectivity index (χ3v) is 6.72. The van der Waals surface area contributed by atoms with Crippen molar-refractivity contribution in [3.05, 3.63) is 53.3 Å². The van der Waals surface area contributed by atoms with Crippen LogP contribution in [0, 0.1) is 5.41 Å². The van der Waals surface area contributed by atoms with E-state index >= 15 is 0 Å². The van der Waals surface area contributed by atoms with Crippen LogP contribution >= 0.6 is 0 Å². The second kappa shape index (κ2) is 6.43. The van der Waals surface area contributed by atoms with Crippen LogP contribution in [-0.2, 0) is 6.42 Å². The molecule has 5 heteroatoms. The largest absolute Gasteiger partial charge is 0.364 e. The number of nitrogens with zero attached hydrogens (tertiary/aromatic N) is 2. The Hall–Kier alpha value is -2.24. The summed E-state index contributed by atoms with van der Waals surface area (Å²) >= 11 is 0. The maximum Gasteiger partial charge on any atom is 0.267 e. The standard InChI is InChI=1S/C22H26N4O/c23-21(27)19-5-2-17(12-25-19)15-1-4-18-16(11-15)3-6-20(18)26-13-22(14-26)7-9-24-10-8-22/h1-2,4-5,11-12,20,24H,3,6-10,13-14H2,(H2,23,27). The number of amides is 1. The van der Waals surface area contributed by atoms with Gasteiger partial charge in [0.05, 0.1) is 0 Å². The van der Waals surface area contributed by atoms with E-state index < -0.39 is 5.91 Å². The number of piperidine rings is 1. The van der Waals surface area contributed by atoms with Crippen LogP contribution < -0.4 is 11.1 Å². The first-order chi connectivity index (χ1) is 13.1. The number of likely N-dealkylation sites (tertiary alicyclic amines) is 1. The summed E-state index contributed by atoms with van der Waals surface area (Å²) in [5, 5.41) is 3.49. The summed E-state index contributed by atoms with van der Waals surface area (Å²) in [7, 11) is 0. The number of primary amides is 1. The van der Waals surface area contributed by atoms with Gasteiger partial charge in [0.15, 0.2) is 0 Å². The highest BCUT2D eigenvalue weighted by molar-refractivity contribution is 5.91. The molecule has 5 nitrogen and oxygen atoms in total. The third-order valence-electron chi connectivity index (χ3n) is 6.72. The van der Waals surface area contributed by atoms with E-state index in [1.165, 1.54) is 56.6 Å². The van der Waals surface area contributed by atoms with E-state index in [9.17, 15) is 4.79 Å². The van der Waals surface area contributed by atoms with Gasteiger partial charge in [-0.25, -0.2) is 0 Å². The highest BCUT2D eigenvalue weighted by Gasteiger charge is 2.46. The number of aromatic nitrogens is 1. The average molecular weight is 362 g/mol. The predicted molar refractivity (Wildman–Crippen MR) is 105 cm³/mol. The van der Waals surface area contributed by atoms with Crippen LogP contribution in [0.1, 0.15) is 46.9 Å². The number of benzene rings is 1. The SMILES string of the molecule is NC(=O)c1ccc(-c2ccc3c(c2)CCC3N2CC3(CCNCC3)C2)cn1. The minimum absolute atomic E-state index is 0.310. The van der Waals surface area contributed by atoms with E-state index in [4.69, 9.17) is 5.73 Å². The molecule has 2 saturated heterocycles. The number of rotatable bonds is 3. The molecule has 1 spiro atoms. The van der Waals surface area contributed by atoms with E-state index in [2.05, 4.69) is 33.4 Å². The smallest absolute Gasteiger partial charge is 0.267 e. The number of hydrogen-bond acceptors (Lipinski definition) is 4. The quantitative estimate of drug-likeness (QED) is 0.880. The van der Waals surface area contributed by atoms with Crippen molar-refractivity contribution in [2.45, 2.75) is 31.7 Å². The number of nitrogens with two attached hydrogens (primary N) is 1. The first kappa shape index (κ1) is 16.9. The topological polar surface area (TPSA) is 71.2 Å². The van der Waals surface area contributed by atoms with Gasteiger partial charge in [0, 0.05) is 30.9 Å². The maximum absolute atomic E-state index is 11.2. The molecule has 2 aromatic rings. The molecule has 5 rings (SSSR count). The van der Waals surface area contributed by atoms with E-state index in [0.29, 0.717) is 17.2 Å². The summed E-state index contributed by atoms with van der Waals surface area (Å²) in [5.74, 6) is -0.487. The summed E-state index contributed by atoms with van der Waals surface area (Å²) < 4.78 is 0. The van der Waals surface area contributed by atoms with Crippen molar-refractivity contribution in [2.75, 3.05) is 26.2 Å². The Kier molecular flexibility index (Phi) is 4.02. The van der Waals surface area contributed by atoms with Gasteiger partial charge in [0.2, 0.25) is 0 Å². The lowest BCUT2D eigenvalue weighted by Crippen LogP contribution is -2.60. The summed E-state index contributed by atoms with van der Waals surface area (Å²) in [4.78, 5) is 18.1. The Labute approximate surface area is 160 Å². The Morgan fingerprint density at radius 1 is 1.15 bits per heavy atom. The maximum atomic E-state index is 11.2. The molecule has 2 aliphatic heterocycles. The molecule has 2 fully saturated rings. The Bertz CT molecular complexity index is 862. The second-order valence-electron chi connectivity index (χ2n) is 8.42. The molecule has 27 heavy (non-hydrogen) atoms. The summed E-state index contributed by atoms with van der Waals surface area (Å²) in [5.41, 5.74) is 11.3. The molecule has 0 radical (unpaired) electrons. The fraction of sp³-hybridized carbons (Fsp3) is 0.455. The number of aryl methyl sites for hydroxylation is 1. The summed E-state index contributed by atoms with van der Waals surface area (Å²) in [6, 6.07) is 11.0. The van der Waals surface area contributed by atoms with Crippen LogP contribution in [-0.4, -0.2) is 42.0 Å². The minimum Gasteiger partial charge on any atom is -0.364 e. The van der Waals surface area contributed by atoms with Crippen molar-refractivity contribution in [3.63, 3.8) is 0 Å². The van der Waals surface area contributed by atoms with Gasteiger partial charge >= 0.3 is 0 Å². The van der Waals surface area contributed by atoms with Crippen LogP contribution in [0.4, 0.5) is 0 Å². The minimum atomic E-state index is -0.487. The van der Waals surface area contributed by atoms with E-state index in [1.807, 2.05) is 6.07 Å². The fourth-order valence-corrected chi connectivity index (χ4v) is 5.17. The first-order valence-electron chi connectivity index (χ1n) is 9.97. The van der Waals surface area contributed by atoms with Crippen molar-refractivity contribution < 1.29 is 4.79 Å². The zero-order chi connectivity index (χ0) is 18.4. The molecular weight excluding hydrogens is 336 g/mol. The molecular formula is C22H26N4O. The average Bonchev–Trinajstić information content (AvgIpc) is 3.09. The van der Waals surface area contributed by atoms with Gasteiger partial charge in [-0.15, -0.1) is 0 Å². The van der Waals surface area contributed by atoms with E-state index in [1.54, 1.807) is 12.3 Å².